The van der Waals surface area contributed by atoms with Crippen LogP contribution in [-0.4, -0.2) is 28.6 Å². The van der Waals surface area contributed by atoms with Gasteiger partial charge in [-0.1, -0.05) is 25.0 Å². The maximum Gasteiger partial charge on any atom is 0.335 e. The molecule has 0 unspecified atom stereocenters. The van der Waals surface area contributed by atoms with Gasteiger partial charge in [0, 0.05) is 17.8 Å². The van der Waals surface area contributed by atoms with E-state index in [0.29, 0.717) is 16.9 Å². The van der Waals surface area contributed by atoms with Crippen LogP contribution in [0, 0.1) is 0 Å². The van der Waals surface area contributed by atoms with Crippen molar-refractivity contribution in [3.63, 3.8) is 0 Å². The summed E-state index contributed by atoms with van der Waals surface area (Å²) < 4.78 is 0. The molecule has 0 saturated heterocycles. The summed E-state index contributed by atoms with van der Waals surface area (Å²) in [6, 6.07) is 7.72. The topological polar surface area (TPSA) is 49.3 Å². The van der Waals surface area contributed by atoms with Crippen LogP contribution in [0.15, 0.2) is 24.3 Å². The van der Waals surface area contributed by atoms with E-state index in [4.69, 9.17) is 5.11 Å². The third-order valence-corrected chi connectivity index (χ3v) is 4.94. The Kier molecular flexibility index (Phi) is 5.28. The van der Waals surface area contributed by atoms with Crippen molar-refractivity contribution in [2.75, 3.05) is 6.26 Å². The molecule has 4 heteroatoms. The summed E-state index contributed by atoms with van der Waals surface area (Å²) in [5.41, 5.74) is 1.50. The van der Waals surface area contributed by atoms with E-state index in [0.717, 1.165) is 12.1 Å². The molecule has 2 rings (SSSR count). The van der Waals surface area contributed by atoms with E-state index >= 15 is 0 Å². The summed E-state index contributed by atoms with van der Waals surface area (Å²) in [6.07, 6.45) is 7.39. The second kappa shape index (κ2) is 6.96. The number of rotatable bonds is 5. The van der Waals surface area contributed by atoms with Crippen LogP contribution in [-0.2, 0) is 6.54 Å². The molecule has 1 aromatic rings. The van der Waals surface area contributed by atoms with Crippen molar-refractivity contribution in [2.24, 2.45) is 0 Å². The third kappa shape index (κ3) is 3.98. The van der Waals surface area contributed by atoms with Crippen LogP contribution in [0.1, 0.15) is 41.6 Å². The Labute approximate surface area is 118 Å². The molecular formula is C15H21NO2S. The second-order valence-electron chi connectivity index (χ2n) is 5.05. The van der Waals surface area contributed by atoms with E-state index < -0.39 is 5.97 Å². The van der Waals surface area contributed by atoms with E-state index in [9.17, 15) is 4.79 Å². The Morgan fingerprint density at radius 3 is 2.63 bits per heavy atom. The zero-order valence-electron chi connectivity index (χ0n) is 11.3. The summed E-state index contributed by atoms with van der Waals surface area (Å²) in [5.74, 6) is -0.866. The maximum atomic E-state index is 10.8. The lowest BCUT2D eigenvalue weighted by Gasteiger charge is -2.31. The molecule has 1 aliphatic carbocycles. The average molecular weight is 279 g/mol. The Morgan fingerprint density at radius 2 is 2.00 bits per heavy atom. The minimum atomic E-state index is -0.866. The number of benzene rings is 1. The number of aromatic carboxylic acids is 1. The van der Waals surface area contributed by atoms with Crippen molar-refractivity contribution in [1.29, 1.82) is 0 Å². The Hall–Kier alpha value is -1.00. The average Bonchev–Trinajstić information content (AvgIpc) is 2.45. The number of carboxylic acid groups (broad SMARTS) is 1. The fourth-order valence-electron chi connectivity index (χ4n) is 2.63. The van der Waals surface area contributed by atoms with Crippen molar-refractivity contribution >= 4 is 17.7 Å². The minimum Gasteiger partial charge on any atom is -0.478 e. The lowest BCUT2D eigenvalue weighted by molar-refractivity contribution is 0.0697. The molecule has 0 heterocycles. The summed E-state index contributed by atoms with van der Waals surface area (Å²) >= 11 is 1.96. The molecule has 2 N–H and O–H groups in total. The van der Waals surface area contributed by atoms with Gasteiger partial charge in [-0.05, 0) is 36.8 Å². The molecule has 1 fully saturated rings. The van der Waals surface area contributed by atoms with Gasteiger partial charge < -0.3 is 10.4 Å². The standard InChI is InChI=1S/C15H21NO2S/c1-19-14-5-3-2-4-13(14)16-10-11-6-8-12(9-7-11)15(17)18/h6-9,13-14,16H,2-5,10H2,1H3,(H,17,18)/t13-,14-/m0/s1. The highest BCUT2D eigenvalue weighted by atomic mass is 32.2. The molecule has 3 nitrogen and oxygen atoms in total. The van der Waals surface area contributed by atoms with Gasteiger partial charge in [0.15, 0.2) is 0 Å². The number of carboxylic acids is 1. The van der Waals surface area contributed by atoms with Gasteiger partial charge in [0.2, 0.25) is 0 Å². The highest BCUT2D eigenvalue weighted by Crippen LogP contribution is 2.27. The summed E-state index contributed by atoms with van der Waals surface area (Å²) in [5, 5.41) is 13.2. The van der Waals surface area contributed by atoms with Gasteiger partial charge in [0.05, 0.1) is 5.56 Å². The first-order chi connectivity index (χ1) is 9.20. The SMILES string of the molecule is CS[C@H]1CCCC[C@@H]1NCc1ccc(C(=O)O)cc1. The molecule has 0 aromatic heterocycles. The summed E-state index contributed by atoms with van der Waals surface area (Å²) in [4.78, 5) is 10.8. The Bertz CT molecular complexity index is 419. The van der Waals surface area contributed by atoms with Crippen molar-refractivity contribution in [3.05, 3.63) is 35.4 Å². The van der Waals surface area contributed by atoms with Crippen molar-refractivity contribution < 1.29 is 9.90 Å². The van der Waals surface area contributed by atoms with Crippen LogP contribution in [0.5, 0.6) is 0 Å². The van der Waals surface area contributed by atoms with Gasteiger partial charge in [-0.15, -0.1) is 0 Å². The van der Waals surface area contributed by atoms with Crippen LogP contribution in [0.4, 0.5) is 0 Å². The molecule has 2 atom stereocenters. The molecule has 19 heavy (non-hydrogen) atoms. The van der Waals surface area contributed by atoms with E-state index in [1.165, 1.54) is 25.7 Å². The van der Waals surface area contributed by atoms with Crippen molar-refractivity contribution in [1.82, 2.24) is 5.32 Å². The van der Waals surface area contributed by atoms with Crippen LogP contribution in [0.3, 0.4) is 0 Å². The van der Waals surface area contributed by atoms with Crippen molar-refractivity contribution in [2.45, 2.75) is 43.5 Å². The lowest BCUT2D eigenvalue weighted by atomic mass is 9.94. The Morgan fingerprint density at radius 1 is 1.32 bits per heavy atom. The van der Waals surface area contributed by atoms with Gasteiger partial charge >= 0.3 is 5.97 Å². The summed E-state index contributed by atoms with van der Waals surface area (Å²) in [7, 11) is 0. The first-order valence-electron chi connectivity index (χ1n) is 6.79. The molecular weight excluding hydrogens is 258 g/mol. The number of carbonyl (C=O) groups is 1. The monoisotopic (exact) mass is 279 g/mol. The van der Waals surface area contributed by atoms with Crippen LogP contribution < -0.4 is 5.32 Å². The highest BCUT2D eigenvalue weighted by Gasteiger charge is 2.23. The molecule has 0 radical (unpaired) electrons. The maximum absolute atomic E-state index is 10.8. The Balaban J connectivity index is 1.88. The van der Waals surface area contributed by atoms with E-state index in [1.807, 2.05) is 23.9 Å². The van der Waals surface area contributed by atoms with Crippen molar-refractivity contribution in [3.8, 4) is 0 Å². The third-order valence-electron chi connectivity index (χ3n) is 3.77. The zero-order valence-corrected chi connectivity index (χ0v) is 12.1. The normalized spacial score (nSPS) is 23.2. The fraction of sp³-hybridized carbons (Fsp3) is 0.533. The lowest BCUT2D eigenvalue weighted by Crippen LogP contribution is -2.39. The van der Waals surface area contributed by atoms with Gasteiger partial charge in [0.1, 0.15) is 0 Å². The molecule has 1 aliphatic rings. The van der Waals surface area contributed by atoms with Gasteiger partial charge in [-0.2, -0.15) is 11.8 Å². The smallest absolute Gasteiger partial charge is 0.335 e. The molecule has 0 spiro atoms. The number of thioether (sulfide) groups is 1. The zero-order chi connectivity index (χ0) is 13.7. The first kappa shape index (κ1) is 14.4. The molecule has 104 valence electrons. The number of hydrogen-bond donors (Lipinski definition) is 2. The fourth-order valence-corrected chi connectivity index (χ4v) is 3.59. The van der Waals surface area contributed by atoms with E-state index in [2.05, 4.69) is 11.6 Å². The van der Waals surface area contributed by atoms with Gasteiger partial charge in [-0.25, -0.2) is 4.79 Å². The van der Waals surface area contributed by atoms with E-state index in [-0.39, 0.29) is 0 Å². The predicted molar refractivity (Wildman–Crippen MR) is 79.8 cm³/mol. The minimum absolute atomic E-state index is 0.350. The second-order valence-corrected chi connectivity index (χ2v) is 6.12. The predicted octanol–water partition coefficient (Wildman–Crippen LogP) is 3.15. The number of nitrogens with one attached hydrogen (secondary N) is 1. The highest BCUT2D eigenvalue weighted by molar-refractivity contribution is 7.99. The summed E-state index contributed by atoms with van der Waals surface area (Å²) in [6.45, 7) is 0.821. The molecule has 0 bridgehead atoms. The van der Waals surface area contributed by atoms with E-state index in [1.54, 1.807) is 12.1 Å². The quantitative estimate of drug-likeness (QED) is 0.869. The van der Waals surface area contributed by atoms with Crippen LogP contribution in [0.2, 0.25) is 0 Å². The molecule has 0 aliphatic heterocycles. The molecule has 1 aromatic carbocycles. The number of hydrogen-bond acceptors (Lipinski definition) is 3. The first-order valence-corrected chi connectivity index (χ1v) is 8.08. The van der Waals surface area contributed by atoms with Crippen LogP contribution >= 0.6 is 11.8 Å². The molecule has 0 amide bonds. The van der Waals surface area contributed by atoms with Gasteiger partial charge in [-0.3, -0.25) is 0 Å². The van der Waals surface area contributed by atoms with Crippen LogP contribution in [0.25, 0.3) is 0 Å². The van der Waals surface area contributed by atoms with Gasteiger partial charge in [0.25, 0.3) is 0 Å². The largest absolute Gasteiger partial charge is 0.478 e. The molecule has 1 saturated carbocycles.